The average Bonchev–Trinajstić information content (AvgIpc) is 2.24. The molecule has 0 spiro atoms. The Morgan fingerprint density at radius 3 is 2.82 bits per heavy atom. The van der Waals surface area contributed by atoms with Gasteiger partial charge < -0.3 is 10.6 Å². The Bertz CT molecular complexity index is 444. The number of nitrogens with zero attached hydrogens (tertiary/aromatic N) is 3. The maximum absolute atomic E-state index is 11.5. The van der Waals surface area contributed by atoms with Crippen LogP contribution in [0.3, 0.4) is 0 Å². The van der Waals surface area contributed by atoms with Gasteiger partial charge in [-0.05, 0) is 26.8 Å². The number of hydrogen-bond acceptors (Lipinski definition) is 5. The SMILES string of the molecule is CC(C)(C)NC(=O)CNc1nccc(C#N)n1. The van der Waals surface area contributed by atoms with Crippen molar-refractivity contribution in [2.45, 2.75) is 26.3 Å². The monoisotopic (exact) mass is 233 g/mol. The first-order valence-electron chi connectivity index (χ1n) is 5.19. The molecule has 1 heterocycles. The molecule has 0 aliphatic rings. The van der Waals surface area contributed by atoms with Crippen LogP contribution in [0.25, 0.3) is 0 Å². The third-order valence-electron chi connectivity index (χ3n) is 1.69. The van der Waals surface area contributed by atoms with Crippen LogP contribution < -0.4 is 10.6 Å². The molecule has 0 aliphatic heterocycles. The van der Waals surface area contributed by atoms with Gasteiger partial charge in [0, 0.05) is 11.7 Å². The van der Waals surface area contributed by atoms with Gasteiger partial charge in [-0.3, -0.25) is 4.79 Å². The Hall–Kier alpha value is -2.16. The standard InChI is InChI=1S/C11H15N5O/c1-11(2,3)16-9(17)7-14-10-13-5-4-8(6-12)15-10/h4-5H,7H2,1-3H3,(H,16,17)(H,13,14,15). The Kier molecular flexibility index (Phi) is 3.99. The zero-order valence-corrected chi connectivity index (χ0v) is 10.1. The fourth-order valence-corrected chi connectivity index (χ4v) is 1.13. The first-order chi connectivity index (χ1) is 7.90. The first kappa shape index (κ1) is 12.9. The molecule has 6 heteroatoms. The van der Waals surface area contributed by atoms with Gasteiger partial charge in [-0.25, -0.2) is 9.97 Å². The number of aromatic nitrogens is 2. The molecular formula is C11H15N5O. The van der Waals surface area contributed by atoms with Crippen molar-refractivity contribution in [3.63, 3.8) is 0 Å². The van der Waals surface area contributed by atoms with Crippen molar-refractivity contribution < 1.29 is 4.79 Å². The van der Waals surface area contributed by atoms with Gasteiger partial charge in [0.25, 0.3) is 0 Å². The Balaban J connectivity index is 2.51. The maximum Gasteiger partial charge on any atom is 0.239 e. The highest BCUT2D eigenvalue weighted by Crippen LogP contribution is 2.00. The second-order valence-electron chi connectivity index (χ2n) is 4.53. The van der Waals surface area contributed by atoms with Gasteiger partial charge >= 0.3 is 0 Å². The van der Waals surface area contributed by atoms with Crippen LogP contribution in [0.15, 0.2) is 12.3 Å². The summed E-state index contributed by atoms with van der Waals surface area (Å²) in [7, 11) is 0. The molecule has 0 saturated heterocycles. The topological polar surface area (TPSA) is 90.7 Å². The van der Waals surface area contributed by atoms with E-state index in [2.05, 4.69) is 20.6 Å². The number of carbonyl (C=O) groups excluding carboxylic acids is 1. The minimum atomic E-state index is -0.270. The highest BCUT2D eigenvalue weighted by Gasteiger charge is 2.13. The normalized spacial score (nSPS) is 10.5. The fourth-order valence-electron chi connectivity index (χ4n) is 1.13. The summed E-state index contributed by atoms with van der Waals surface area (Å²) in [5.41, 5.74) is -0.00701. The lowest BCUT2D eigenvalue weighted by Gasteiger charge is -2.20. The van der Waals surface area contributed by atoms with E-state index in [0.29, 0.717) is 0 Å². The summed E-state index contributed by atoms with van der Waals surface area (Å²) < 4.78 is 0. The van der Waals surface area contributed by atoms with Gasteiger partial charge in [0.1, 0.15) is 11.8 Å². The molecule has 2 N–H and O–H groups in total. The minimum absolute atomic E-state index is 0.0755. The van der Waals surface area contributed by atoms with Crippen molar-refractivity contribution in [2.24, 2.45) is 0 Å². The van der Waals surface area contributed by atoms with Crippen LogP contribution in [0.2, 0.25) is 0 Å². The summed E-state index contributed by atoms with van der Waals surface area (Å²) in [6.07, 6.45) is 1.47. The summed E-state index contributed by atoms with van der Waals surface area (Å²) >= 11 is 0. The molecule has 6 nitrogen and oxygen atoms in total. The number of anilines is 1. The zero-order chi connectivity index (χ0) is 12.9. The van der Waals surface area contributed by atoms with Crippen LogP contribution in [0, 0.1) is 11.3 Å². The third kappa shape index (κ3) is 4.93. The van der Waals surface area contributed by atoms with Crippen LogP contribution in [-0.4, -0.2) is 28.0 Å². The lowest BCUT2D eigenvalue weighted by Crippen LogP contribution is -2.43. The quantitative estimate of drug-likeness (QED) is 0.801. The van der Waals surface area contributed by atoms with Gasteiger partial charge in [-0.1, -0.05) is 0 Å². The van der Waals surface area contributed by atoms with Crippen LogP contribution in [0.5, 0.6) is 0 Å². The summed E-state index contributed by atoms with van der Waals surface area (Å²) in [5, 5.41) is 14.2. The number of rotatable bonds is 3. The van der Waals surface area contributed by atoms with Gasteiger partial charge in [0.2, 0.25) is 11.9 Å². The molecule has 1 amide bonds. The van der Waals surface area contributed by atoms with Crippen LogP contribution in [0.4, 0.5) is 5.95 Å². The van der Waals surface area contributed by atoms with Crippen molar-refractivity contribution in [3.8, 4) is 6.07 Å². The predicted molar refractivity (Wildman–Crippen MR) is 63.1 cm³/mol. The minimum Gasteiger partial charge on any atom is -0.350 e. The second kappa shape index (κ2) is 5.25. The molecule has 0 aromatic carbocycles. The van der Waals surface area contributed by atoms with E-state index in [1.54, 1.807) is 0 Å². The van der Waals surface area contributed by atoms with Crippen LogP contribution >= 0.6 is 0 Å². The van der Waals surface area contributed by atoms with E-state index in [4.69, 9.17) is 5.26 Å². The molecule has 0 atom stereocenters. The summed E-state index contributed by atoms with van der Waals surface area (Å²) in [6.45, 7) is 5.78. The molecular weight excluding hydrogens is 218 g/mol. The summed E-state index contributed by atoms with van der Waals surface area (Å²) in [4.78, 5) is 19.3. The van der Waals surface area contributed by atoms with E-state index in [1.807, 2.05) is 26.8 Å². The lowest BCUT2D eigenvalue weighted by atomic mass is 10.1. The van der Waals surface area contributed by atoms with E-state index in [9.17, 15) is 4.79 Å². The van der Waals surface area contributed by atoms with Crippen molar-refractivity contribution in [1.82, 2.24) is 15.3 Å². The van der Waals surface area contributed by atoms with E-state index >= 15 is 0 Å². The Labute approximate surface area is 100 Å². The average molecular weight is 233 g/mol. The Morgan fingerprint density at radius 1 is 1.53 bits per heavy atom. The predicted octanol–water partition coefficient (Wildman–Crippen LogP) is 0.675. The summed E-state index contributed by atoms with van der Waals surface area (Å²) in [5.74, 6) is 0.122. The molecule has 1 rings (SSSR count). The molecule has 0 bridgehead atoms. The molecule has 0 fully saturated rings. The highest BCUT2D eigenvalue weighted by molar-refractivity contribution is 5.80. The van der Waals surface area contributed by atoms with Gasteiger partial charge in [0.15, 0.2) is 0 Å². The number of carbonyl (C=O) groups is 1. The van der Waals surface area contributed by atoms with Crippen LogP contribution in [-0.2, 0) is 4.79 Å². The number of nitriles is 1. The molecule has 1 aromatic heterocycles. The van der Waals surface area contributed by atoms with E-state index in [0.717, 1.165) is 0 Å². The zero-order valence-electron chi connectivity index (χ0n) is 10.1. The number of nitrogens with one attached hydrogen (secondary N) is 2. The Morgan fingerprint density at radius 2 is 2.24 bits per heavy atom. The van der Waals surface area contributed by atoms with Gasteiger partial charge in [0.05, 0.1) is 6.54 Å². The summed E-state index contributed by atoms with van der Waals surface area (Å²) in [6, 6.07) is 3.40. The van der Waals surface area contributed by atoms with Crippen molar-refractivity contribution in [2.75, 3.05) is 11.9 Å². The number of hydrogen-bond donors (Lipinski definition) is 2. The lowest BCUT2D eigenvalue weighted by molar-refractivity contribution is -0.120. The highest BCUT2D eigenvalue weighted by atomic mass is 16.2. The molecule has 0 saturated carbocycles. The molecule has 0 unspecified atom stereocenters. The van der Waals surface area contributed by atoms with E-state index in [-0.39, 0.29) is 29.6 Å². The van der Waals surface area contributed by atoms with Gasteiger partial charge in [-0.15, -0.1) is 0 Å². The van der Waals surface area contributed by atoms with Crippen LogP contribution in [0.1, 0.15) is 26.5 Å². The molecule has 90 valence electrons. The molecule has 0 radical (unpaired) electrons. The molecule has 1 aromatic rings. The van der Waals surface area contributed by atoms with Crippen molar-refractivity contribution >= 4 is 11.9 Å². The maximum atomic E-state index is 11.5. The van der Waals surface area contributed by atoms with Crippen molar-refractivity contribution in [1.29, 1.82) is 5.26 Å². The fraction of sp³-hybridized carbons (Fsp3) is 0.455. The third-order valence-corrected chi connectivity index (χ3v) is 1.69. The second-order valence-corrected chi connectivity index (χ2v) is 4.53. The smallest absolute Gasteiger partial charge is 0.239 e. The van der Waals surface area contributed by atoms with Crippen molar-refractivity contribution in [3.05, 3.63) is 18.0 Å². The van der Waals surface area contributed by atoms with Gasteiger partial charge in [-0.2, -0.15) is 5.26 Å². The van der Waals surface area contributed by atoms with E-state index in [1.165, 1.54) is 12.3 Å². The first-order valence-corrected chi connectivity index (χ1v) is 5.19. The molecule has 0 aliphatic carbocycles. The molecule has 17 heavy (non-hydrogen) atoms. The largest absolute Gasteiger partial charge is 0.350 e. The number of amides is 1. The van der Waals surface area contributed by atoms with E-state index < -0.39 is 0 Å².